The summed E-state index contributed by atoms with van der Waals surface area (Å²) in [6.45, 7) is 1.54. The van der Waals surface area contributed by atoms with Crippen molar-refractivity contribution in [3.8, 4) is 11.5 Å². The van der Waals surface area contributed by atoms with E-state index in [1.165, 1.54) is 75.7 Å². The van der Waals surface area contributed by atoms with Crippen LogP contribution in [0.25, 0.3) is 0 Å². The molecule has 0 amide bonds. The number of azo groups is 1. The van der Waals surface area contributed by atoms with Crippen LogP contribution in [0.15, 0.2) is 108 Å². The summed E-state index contributed by atoms with van der Waals surface area (Å²) in [4.78, 5) is 8.38. The molecule has 9 heteroatoms. The summed E-state index contributed by atoms with van der Waals surface area (Å²) in [5.41, 5.74) is 7.99. The molecule has 2 heterocycles. The van der Waals surface area contributed by atoms with Crippen molar-refractivity contribution >= 4 is 34.8 Å². The molecule has 0 unspecified atom stereocenters. The summed E-state index contributed by atoms with van der Waals surface area (Å²) in [5.74, 6) is 5.78. The van der Waals surface area contributed by atoms with Crippen LogP contribution in [0.5, 0.6) is 11.5 Å². The van der Waals surface area contributed by atoms with E-state index < -0.39 is 0 Å². The smallest absolute Gasteiger partial charge is 0.174 e. The Bertz CT molecular complexity index is 1360. The first-order valence-corrected chi connectivity index (χ1v) is 18.3. The summed E-state index contributed by atoms with van der Waals surface area (Å²) in [5, 5.41) is 8.36. The van der Waals surface area contributed by atoms with E-state index in [0.29, 0.717) is 5.82 Å². The number of anilines is 2. The number of hydrogen-bond donors (Lipinski definition) is 2. The van der Waals surface area contributed by atoms with Gasteiger partial charge in [-0.05, 0) is 110 Å². The zero-order chi connectivity index (χ0) is 32.5. The van der Waals surface area contributed by atoms with Gasteiger partial charge in [-0.2, -0.15) is 11.8 Å². The van der Waals surface area contributed by atoms with Crippen LogP contribution in [0.3, 0.4) is 0 Å². The maximum Gasteiger partial charge on any atom is 0.174 e. The summed E-state index contributed by atoms with van der Waals surface area (Å²) < 4.78 is 11.8. The third kappa shape index (κ3) is 16.3. The van der Waals surface area contributed by atoms with Gasteiger partial charge in [0, 0.05) is 12.4 Å². The molecule has 47 heavy (non-hydrogen) atoms. The first-order chi connectivity index (χ1) is 23.3. The van der Waals surface area contributed by atoms with E-state index in [0.717, 1.165) is 54.7 Å². The van der Waals surface area contributed by atoms with Crippen molar-refractivity contribution in [3.05, 3.63) is 97.3 Å². The molecule has 4 aromatic rings. The zero-order valence-electron chi connectivity index (χ0n) is 27.6. The second-order valence-electron chi connectivity index (χ2n) is 11.4. The number of rotatable bonds is 25. The molecule has 0 bridgehead atoms. The number of nitrogens with zero attached hydrogens (tertiary/aromatic N) is 4. The van der Waals surface area contributed by atoms with Crippen LogP contribution >= 0.6 is 11.8 Å². The molecule has 0 spiro atoms. The van der Waals surface area contributed by atoms with Crippen LogP contribution in [0.2, 0.25) is 0 Å². The van der Waals surface area contributed by atoms with Gasteiger partial charge in [0.25, 0.3) is 0 Å². The molecule has 0 aliphatic rings. The molecule has 0 aliphatic heterocycles. The number of aromatic nitrogens is 2. The van der Waals surface area contributed by atoms with Gasteiger partial charge in [0.15, 0.2) is 5.82 Å². The Morgan fingerprint density at radius 3 is 1.64 bits per heavy atom. The molecule has 250 valence electrons. The number of thioether (sulfide) groups is 1. The summed E-state index contributed by atoms with van der Waals surface area (Å²) in [6, 6.07) is 27.1. The Labute approximate surface area is 285 Å². The standard InChI is InChI=1S/C38H50N6O2S/c1(5-13-29-45-35-23-19-33(20-24-35)41-43-37-17-9-11-27-39-37)3-7-15-31-47-32-16-8-4-2-6-14-30-46-36-25-21-34(22-26-36)42-44-38-18-10-12-28-40-38/h9-12,17-28,41H,1-8,13-16,29-32H2,(H,39,43). The molecular formula is C38H50N6O2S. The van der Waals surface area contributed by atoms with E-state index in [1.54, 1.807) is 12.4 Å². The fourth-order valence-corrected chi connectivity index (χ4v) is 5.87. The van der Waals surface area contributed by atoms with Crippen LogP contribution in [0.1, 0.15) is 77.0 Å². The average Bonchev–Trinajstić information content (AvgIpc) is 3.12. The highest BCUT2D eigenvalue weighted by atomic mass is 32.2. The Kier molecular flexibility index (Phi) is 17.7. The molecule has 0 radical (unpaired) electrons. The van der Waals surface area contributed by atoms with E-state index in [9.17, 15) is 0 Å². The van der Waals surface area contributed by atoms with Crippen molar-refractivity contribution in [3.63, 3.8) is 0 Å². The van der Waals surface area contributed by atoms with Gasteiger partial charge < -0.3 is 9.47 Å². The Morgan fingerprint density at radius 1 is 0.511 bits per heavy atom. The van der Waals surface area contributed by atoms with Gasteiger partial charge in [0.2, 0.25) is 0 Å². The molecule has 4 rings (SSSR count). The van der Waals surface area contributed by atoms with Crippen molar-refractivity contribution in [1.82, 2.24) is 9.97 Å². The van der Waals surface area contributed by atoms with Crippen LogP contribution < -0.4 is 20.3 Å². The fraction of sp³-hybridized carbons (Fsp3) is 0.421. The molecular weight excluding hydrogens is 605 g/mol. The first kappa shape index (κ1) is 35.7. The first-order valence-electron chi connectivity index (χ1n) is 17.1. The summed E-state index contributed by atoms with van der Waals surface area (Å²) >= 11 is 2.13. The highest BCUT2D eigenvalue weighted by Crippen LogP contribution is 2.21. The third-order valence-corrected chi connectivity index (χ3v) is 8.67. The minimum Gasteiger partial charge on any atom is -0.494 e. The van der Waals surface area contributed by atoms with Crippen molar-refractivity contribution in [2.24, 2.45) is 10.2 Å². The van der Waals surface area contributed by atoms with Gasteiger partial charge in [-0.15, -0.1) is 10.2 Å². The number of benzene rings is 2. The minimum absolute atomic E-state index is 0.603. The monoisotopic (exact) mass is 654 g/mol. The van der Waals surface area contributed by atoms with Crippen LogP contribution in [0, 0.1) is 0 Å². The van der Waals surface area contributed by atoms with Gasteiger partial charge in [0.1, 0.15) is 17.3 Å². The maximum atomic E-state index is 5.91. The fourth-order valence-electron chi connectivity index (χ4n) is 4.85. The molecule has 2 aromatic carbocycles. The number of ether oxygens (including phenoxy) is 2. The maximum absolute atomic E-state index is 5.91. The van der Waals surface area contributed by atoms with E-state index in [4.69, 9.17) is 9.47 Å². The number of hydrazine groups is 1. The van der Waals surface area contributed by atoms with E-state index in [-0.39, 0.29) is 0 Å². The quantitative estimate of drug-likeness (QED) is 0.0417. The normalized spacial score (nSPS) is 11.1. The lowest BCUT2D eigenvalue weighted by atomic mass is 10.1. The Balaban J connectivity index is 0.859. The number of unbranched alkanes of at least 4 members (excludes halogenated alkanes) is 10. The van der Waals surface area contributed by atoms with Crippen molar-refractivity contribution in [1.29, 1.82) is 0 Å². The van der Waals surface area contributed by atoms with Gasteiger partial charge in [-0.25, -0.2) is 9.97 Å². The zero-order valence-corrected chi connectivity index (χ0v) is 28.4. The van der Waals surface area contributed by atoms with E-state index in [2.05, 4.69) is 42.8 Å². The number of pyridine rings is 2. The minimum atomic E-state index is 0.603. The Morgan fingerprint density at radius 2 is 1.06 bits per heavy atom. The largest absolute Gasteiger partial charge is 0.494 e. The van der Waals surface area contributed by atoms with Gasteiger partial charge in [-0.1, -0.05) is 63.5 Å². The molecule has 2 N–H and O–H groups in total. The topological polar surface area (TPSA) is 93.0 Å². The predicted octanol–water partition coefficient (Wildman–Crippen LogP) is 11.2. The van der Waals surface area contributed by atoms with Gasteiger partial charge >= 0.3 is 0 Å². The molecule has 0 aliphatic carbocycles. The van der Waals surface area contributed by atoms with Crippen LogP contribution in [-0.2, 0) is 0 Å². The van der Waals surface area contributed by atoms with Crippen molar-refractivity contribution in [2.45, 2.75) is 77.0 Å². The molecule has 0 fully saturated rings. The van der Waals surface area contributed by atoms with Crippen LogP contribution in [0.4, 0.5) is 23.0 Å². The second-order valence-corrected chi connectivity index (χ2v) is 12.6. The van der Waals surface area contributed by atoms with Crippen molar-refractivity contribution < 1.29 is 9.47 Å². The molecule has 0 atom stereocenters. The van der Waals surface area contributed by atoms with Gasteiger partial charge in [-0.3, -0.25) is 10.9 Å². The van der Waals surface area contributed by atoms with Crippen LogP contribution in [-0.4, -0.2) is 34.7 Å². The van der Waals surface area contributed by atoms with Crippen molar-refractivity contribution in [2.75, 3.05) is 35.6 Å². The molecule has 8 nitrogen and oxygen atoms in total. The average molecular weight is 655 g/mol. The SMILES string of the molecule is c1ccc(N=Nc2ccc(OCCCCCCCCSCCCCCCCCOc3ccc(NNc4ccccn4)cc3)cc2)nc1. The predicted molar refractivity (Wildman–Crippen MR) is 196 cm³/mol. The molecule has 2 aromatic heterocycles. The van der Waals surface area contributed by atoms with Gasteiger partial charge in [0.05, 0.1) is 24.6 Å². The molecule has 0 saturated carbocycles. The Hall–Kier alpha value is -4.11. The third-order valence-electron chi connectivity index (χ3n) is 7.51. The molecule has 0 saturated heterocycles. The summed E-state index contributed by atoms with van der Waals surface area (Å²) in [6.07, 6.45) is 18.8. The lowest BCUT2D eigenvalue weighted by Gasteiger charge is -2.10. The highest BCUT2D eigenvalue weighted by Gasteiger charge is 1.99. The van der Waals surface area contributed by atoms with E-state index in [1.807, 2.05) is 84.9 Å². The lowest BCUT2D eigenvalue weighted by Crippen LogP contribution is -2.09. The second kappa shape index (κ2) is 23.2. The number of nitrogens with one attached hydrogen (secondary N) is 2. The number of hydrogen-bond acceptors (Lipinski definition) is 9. The van der Waals surface area contributed by atoms with E-state index >= 15 is 0 Å². The summed E-state index contributed by atoms with van der Waals surface area (Å²) in [7, 11) is 0. The highest BCUT2D eigenvalue weighted by molar-refractivity contribution is 7.99. The lowest BCUT2D eigenvalue weighted by molar-refractivity contribution is 0.304.